The number of likely N-dealkylation sites (tertiary alicyclic amines) is 1. The highest BCUT2D eigenvalue weighted by atomic mass is 35.5. The Morgan fingerprint density at radius 2 is 1.87 bits per heavy atom. The van der Waals surface area contributed by atoms with Crippen molar-refractivity contribution < 1.29 is 14.3 Å². The van der Waals surface area contributed by atoms with Crippen molar-refractivity contribution in [1.29, 1.82) is 0 Å². The van der Waals surface area contributed by atoms with Gasteiger partial charge in [-0.2, -0.15) is 4.99 Å². The molecule has 206 valence electrons. The smallest absolute Gasteiger partial charge is 0.300 e. The van der Waals surface area contributed by atoms with E-state index >= 15 is 0 Å². The SMILES string of the molecule is C=C(N)/C(=N\C(Cl)=C(N)N)C(=O)/N=C1\NCC2(CCN(C(=O)c3ccc(NCCOC(C)C)cc3)CC2)N1. The second kappa shape index (κ2) is 12.7. The van der Waals surface area contributed by atoms with Crippen LogP contribution in [0.1, 0.15) is 37.0 Å². The van der Waals surface area contributed by atoms with E-state index in [1.807, 2.05) is 43.0 Å². The molecule has 38 heavy (non-hydrogen) atoms. The first-order valence-corrected chi connectivity index (χ1v) is 12.7. The Labute approximate surface area is 227 Å². The number of hydrogen-bond acceptors (Lipinski definition) is 8. The highest BCUT2D eigenvalue weighted by Gasteiger charge is 2.41. The number of rotatable bonds is 9. The summed E-state index contributed by atoms with van der Waals surface area (Å²) in [5, 5.41) is 9.40. The van der Waals surface area contributed by atoms with Gasteiger partial charge in [0.1, 0.15) is 5.82 Å². The number of ether oxygens (including phenoxy) is 1. The Balaban J connectivity index is 1.55. The van der Waals surface area contributed by atoms with Gasteiger partial charge >= 0.3 is 5.91 Å². The van der Waals surface area contributed by atoms with Gasteiger partial charge < -0.3 is 42.8 Å². The molecule has 0 unspecified atom stereocenters. The average molecular weight is 546 g/mol. The molecule has 0 aliphatic carbocycles. The molecule has 0 radical (unpaired) electrons. The van der Waals surface area contributed by atoms with Crippen LogP contribution in [0.15, 0.2) is 57.5 Å². The van der Waals surface area contributed by atoms with Crippen molar-refractivity contribution in [3.05, 3.63) is 53.1 Å². The third-order valence-corrected chi connectivity index (χ3v) is 6.47. The van der Waals surface area contributed by atoms with Gasteiger partial charge in [0.05, 0.1) is 23.9 Å². The number of carbonyl (C=O) groups excluding carboxylic acids is 2. The van der Waals surface area contributed by atoms with Crippen LogP contribution in [0.2, 0.25) is 0 Å². The lowest BCUT2D eigenvalue weighted by Gasteiger charge is -2.38. The number of aliphatic imine (C=N–C) groups is 2. The highest BCUT2D eigenvalue weighted by molar-refractivity contribution is 6.47. The van der Waals surface area contributed by atoms with Crippen LogP contribution in [0, 0.1) is 0 Å². The van der Waals surface area contributed by atoms with Crippen LogP contribution in [-0.2, 0) is 9.53 Å². The summed E-state index contributed by atoms with van der Waals surface area (Å²) in [6.07, 6.45) is 1.55. The maximum atomic E-state index is 13.0. The first-order valence-electron chi connectivity index (χ1n) is 12.3. The fourth-order valence-corrected chi connectivity index (χ4v) is 4.16. The molecule has 2 fully saturated rings. The molecular formula is C25H36ClN9O3. The molecule has 1 spiro atoms. The molecule has 0 bridgehead atoms. The van der Waals surface area contributed by atoms with E-state index < -0.39 is 5.91 Å². The minimum Gasteiger partial charge on any atom is -0.397 e. The second-order valence-corrected chi connectivity index (χ2v) is 9.83. The Hall–Kier alpha value is -3.77. The predicted octanol–water partition coefficient (Wildman–Crippen LogP) is 0.770. The monoisotopic (exact) mass is 545 g/mol. The third-order valence-electron chi connectivity index (χ3n) is 6.17. The number of piperidine rings is 1. The Kier molecular flexibility index (Phi) is 9.59. The van der Waals surface area contributed by atoms with Crippen LogP contribution in [0.25, 0.3) is 0 Å². The van der Waals surface area contributed by atoms with Crippen LogP contribution in [0.3, 0.4) is 0 Å². The van der Waals surface area contributed by atoms with E-state index in [1.165, 1.54) is 0 Å². The van der Waals surface area contributed by atoms with Crippen molar-refractivity contribution in [3.63, 3.8) is 0 Å². The zero-order chi connectivity index (χ0) is 27.9. The van der Waals surface area contributed by atoms with Crippen molar-refractivity contribution >= 4 is 40.8 Å². The molecule has 3 rings (SSSR count). The van der Waals surface area contributed by atoms with E-state index in [0.717, 1.165) is 5.69 Å². The van der Waals surface area contributed by atoms with E-state index in [9.17, 15) is 9.59 Å². The number of guanidine groups is 1. The maximum absolute atomic E-state index is 13.0. The molecule has 2 saturated heterocycles. The first kappa shape index (κ1) is 28.8. The minimum absolute atomic E-state index is 0.0176. The topological polar surface area (TPSA) is 185 Å². The largest absolute Gasteiger partial charge is 0.397 e. The van der Waals surface area contributed by atoms with Crippen molar-refractivity contribution in [2.24, 2.45) is 27.2 Å². The van der Waals surface area contributed by atoms with Crippen LogP contribution in [0.5, 0.6) is 0 Å². The van der Waals surface area contributed by atoms with Gasteiger partial charge in [-0.05, 0) is 51.0 Å². The number of nitrogens with one attached hydrogen (secondary N) is 3. The van der Waals surface area contributed by atoms with Crippen molar-refractivity contribution in [2.75, 3.05) is 38.1 Å². The van der Waals surface area contributed by atoms with E-state index in [1.54, 1.807) is 0 Å². The number of benzene rings is 1. The molecule has 0 atom stereocenters. The fraction of sp³-hybridized carbons (Fsp3) is 0.440. The van der Waals surface area contributed by atoms with E-state index in [2.05, 4.69) is 32.5 Å². The summed E-state index contributed by atoms with van der Waals surface area (Å²) in [6.45, 7) is 10.5. The van der Waals surface area contributed by atoms with Crippen LogP contribution < -0.4 is 33.2 Å². The normalized spacial score (nSPS) is 17.7. The number of carbonyl (C=O) groups is 2. The number of nitrogens with zero attached hydrogens (tertiary/aromatic N) is 3. The lowest BCUT2D eigenvalue weighted by molar-refractivity contribution is -0.111. The summed E-state index contributed by atoms with van der Waals surface area (Å²) in [6, 6.07) is 7.45. The molecular weight excluding hydrogens is 510 g/mol. The van der Waals surface area contributed by atoms with Crippen molar-refractivity contribution in [3.8, 4) is 0 Å². The highest BCUT2D eigenvalue weighted by Crippen LogP contribution is 2.26. The summed E-state index contributed by atoms with van der Waals surface area (Å²) in [5.74, 6) is -0.743. The van der Waals surface area contributed by atoms with Crippen LogP contribution in [-0.4, -0.2) is 72.8 Å². The van der Waals surface area contributed by atoms with Gasteiger partial charge in [0, 0.05) is 37.4 Å². The molecule has 1 aromatic carbocycles. The first-order chi connectivity index (χ1) is 18.0. The second-order valence-electron chi connectivity index (χ2n) is 9.47. The summed E-state index contributed by atoms with van der Waals surface area (Å²) in [7, 11) is 0. The van der Waals surface area contributed by atoms with Gasteiger partial charge in [0.15, 0.2) is 16.8 Å². The molecule has 13 heteroatoms. The molecule has 0 aromatic heterocycles. The number of halogens is 1. The van der Waals surface area contributed by atoms with Gasteiger partial charge in [0.2, 0.25) is 0 Å². The standard InChI is InChI=1S/C25H36ClN9O3/c1-15(2)38-13-10-30-18-6-4-17(5-7-18)23(37)35-11-8-25(9-12-35)14-31-24(34-25)33-22(36)19(16(3)27)32-20(26)21(28)29/h4-7,15,30H,3,8-14,27-29H2,1-2H3,(H2,31,33,34,36)/b32-19+. The van der Waals surface area contributed by atoms with Crippen LogP contribution in [0.4, 0.5) is 5.69 Å². The van der Waals surface area contributed by atoms with Crippen LogP contribution >= 0.6 is 11.6 Å². The lowest BCUT2D eigenvalue weighted by Crippen LogP contribution is -2.53. The van der Waals surface area contributed by atoms with Gasteiger partial charge in [-0.15, -0.1) is 0 Å². The number of nitrogens with two attached hydrogens (primary N) is 3. The fourth-order valence-electron chi connectivity index (χ4n) is 4.08. The van der Waals surface area contributed by atoms with Gasteiger partial charge in [-0.1, -0.05) is 18.2 Å². The van der Waals surface area contributed by atoms with Gasteiger partial charge in [0.25, 0.3) is 5.91 Å². The molecule has 2 aliphatic rings. The zero-order valence-electron chi connectivity index (χ0n) is 21.7. The summed E-state index contributed by atoms with van der Waals surface area (Å²) in [5.41, 5.74) is 17.3. The summed E-state index contributed by atoms with van der Waals surface area (Å²) >= 11 is 5.83. The van der Waals surface area contributed by atoms with E-state index in [4.69, 9.17) is 33.5 Å². The lowest BCUT2D eigenvalue weighted by atomic mass is 9.88. The Bertz CT molecular complexity index is 1130. The molecule has 9 N–H and O–H groups in total. The molecule has 12 nitrogen and oxygen atoms in total. The maximum Gasteiger partial charge on any atom is 0.300 e. The average Bonchev–Trinajstić information content (AvgIpc) is 3.26. The van der Waals surface area contributed by atoms with Crippen molar-refractivity contribution in [1.82, 2.24) is 15.5 Å². The van der Waals surface area contributed by atoms with Gasteiger partial charge in [-0.3, -0.25) is 9.59 Å². The molecule has 0 saturated carbocycles. The Morgan fingerprint density at radius 1 is 1.21 bits per heavy atom. The molecule has 2 amide bonds. The number of anilines is 1. The molecule has 2 heterocycles. The third kappa shape index (κ3) is 7.62. The molecule has 1 aromatic rings. The molecule has 2 aliphatic heterocycles. The summed E-state index contributed by atoms with van der Waals surface area (Å²) in [4.78, 5) is 35.4. The number of amides is 2. The quantitative estimate of drug-likeness (QED) is 0.148. The Morgan fingerprint density at radius 3 is 2.45 bits per heavy atom. The predicted molar refractivity (Wildman–Crippen MR) is 149 cm³/mol. The van der Waals surface area contributed by atoms with Crippen molar-refractivity contribution in [2.45, 2.75) is 38.3 Å². The number of hydrogen-bond donors (Lipinski definition) is 6. The summed E-state index contributed by atoms with van der Waals surface area (Å²) < 4.78 is 5.53. The van der Waals surface area contributed by atoms with Gasteiger partial charge in [-0.25, -0.2) is 4.99 Å². The minimum atomic E-state index is -0.748. The van der Waals surface area contributed by atoms with E-state index in [0.29, 0.717) is 51.2 Å². The zero-order valence-corrected chi connectivity index (χ0v) is 22.5. The van der Waals surface area contributed by atoms with E-state index in [-0.39, 0.29) is 45.9 Å².